The Bertz CT molecular complexity index is 496. The summed E-state index contributed by atoms with van der Waals surface area (Å²) >= 11 is 0. The Balaban J connectivity index is 2.00. The zero-order chi connectivity index (χ0) is 14.5. The molecule has 2 rings (SSSR count). The average Bonchev–Trinajstić information content (AvgIpc) is 2.97. The Hall–Kier alpha value is -1.88. The van der Waals surface area contributed by atoms with Gasteiger partial charge in [0, 0.05) is 20.1 Å². The second-order valence-electron chi connectivity index (χ2n) is 5.13. The van der Waals surface area contributed by atoms with E-state index in [1.807, 2.05) is 0 Å². The predicted octanol–water partition coefficient (Wildman–Crippen LogP) is 1.55. The lowest BCUT2D eigenvalue weighted by molar-refractivity contribution is 0.0680. The van der Waals surface area contributed by atoms with Crippen LogP contribution in [0.1, 0.15) is 33.6 Å². The summed E-state index contributed by atoms with van der Waals surface area (Å²) in [5, 5.41) is 9.12. The SMILES string of the molecule is CN(CCN1CCCC1)C(=O)c1ccccc1C(=O)O. The molecular weight excluding hydrogens is 256 g/mol. The van der Waals surface area contributed by atoms with Gasteiger partial charge in [-0.3, -0.25) is 4.79 Å². The summed E-state index contributed by atoms with van der Waals surface area (Å²) in [6.45, 7) is 3.64. The highest BCUT2D eigenvalue weighted by atomic mass is 16.4. The molecule has 0 unspecified atom stereocenters. The molecule has 0 radical (unpaired) electrons. The molecule has 0 aromatic heterocycles. The first-order chi connectivity index (χ1) is 9.59. The monoisotopic (exact) mass is 276 g/mol. The van der Waals surface area contributed by atoms with Crippen LogP contribution in [-0.4, -0.2) is 60.0 Å². The molecule has 0 saturated carbocycles. The molecular formula is C15H20N2O3. The molecule has 20 heavy (non-hydrogen) atoms. The third-order valence-corrected chi connectivity index (χ3v) is 3.68. The second kappa shape index (κ2) is 6.52. The molecule has 1 N–H and O–H groups in total. The third-order valence-electron chi connectivity index (χ3n) is 3.68. The Labute approximate surface area is 118 Å². The van der Waals surface area contributed by atoms with Crippen molar-refractivity contribution in [2.24, 2.45) is 0 Å². The van der Waals surface area contributed by atoms with E-state index in [9.17, 15) is 9.59 Å². The first kappa shape index (κ1) is 14.5. The van der Waals surface area contributed by atoms with E-state index in [1.165, 1.54) is 18.9 Å². The number of likely N-dealkylation sites (N-methyl/N-ethyl adjacent to an activating group) is 1. The van der Waals surface area contributed by atoms with Gasteiger partial charge >= 0.3 is 5.97 Å². The highest BCUT2D eigenvalue weighted by Gasteiger charge is 2.20. The fraction of sp³-hybridized carbons (Fsp3) is 0.467. The summed E-state index contributed by atoms with van der Waals surface area (Å²) in [4.78, 5) is 27.4. The minimum Gasteiger partial charge on any atom is -0.478 e. The van der Waals surface area contributed by atoms with Crippen molar-refractivity contribution in [1.29, 1.82) is 0 Å². The molecule has 1 saturated heterocycles. The molecule has 108 valence electrons. The van der Waals surface area contributed by atoms with Crippen LogP contribution in [0, 0.1) is 0 Å². The van der Waals surface area contributed by atoms with E-state index >= 15 is 0 Å². The number of amides is 1. The van der Waals surface area contributed by atoms with Gasteiger partial charge in [-0.1, -0.05) is 12.1 Å². The Kier molecular flexibility index (Phi) is 4.74. The standard InChI is InChI=1S/C15H20N2O3/c1-16(10-11-17-8-4-5-9-17)14(18)12-6-2-3-7-13(12)15(19)20/h2-3,6-7H,4-5,8-11H2,1H3,(H,19,20). The number of carboxylic acids is 1. The average molecular weight is 276 g/mol. The van der Waals surface area contributed by atoms with Crippen LogP contribution in [0.5, 0.6) is 0 Å². The number of benzene rings is 1. The summed E-state index contributed by atoms with van der Waals surface area (Å²) in [6, 6.07) is 6.35. The van der Waals surface area contributed by atoms with E-state index in [-0.39, 0.29) is 17.0 Å². The molecule has 1 aromatic rings. The molecule has 0 atom stereocenters. The highest BCUT2D eigenvalue weighted by molar-refractivity contribution is 6.04. The van der Waals surface area contributed by atoms with Crippen molar-refractivity contribution in [2.45, 2.75) is 12.8 Å². The molecule has 0 bridgehead atoms. The van der Waals surface area contributed by atoms with Gasteiger partial charge in [0.05, 0.1) is 11.1 Å². The molecule has 1 aliphatic heterocycles. The van der Waals surface area contributed by atoms with Crippen molar-refractivity contribution in [1.82, 2.24) is 9.80 Å². The minimum atomic E-state index is -1.07. The third kappa shape index (κ3) is 3.36. The Morgan fingerprint density at radius 3 is 2.40 bits per heavy atom. The van der Waals surface area contributed by atoms with Gasteiger partial charge in [0.25, 0.3) is 5.91 Å². The van der Waals surface area contributed by atoms with Gasteiger partial charge in [0.15, 0.2) is 0 Å². The molecule has 0 aliphatic carbocycles. The number of carbonyl (C=O) groups is 2. The van der Waals surface area contributed by atoms with Crippen molar-refractivity contribution in [3.63, 3.8) is 0 Å². The van der Waals surface area contributed by atoms with Crippen LogP contribution in [0.25, 0.3) is 0 Å². The van der Waals surface area contributed by atoms with E-state index < -0.39 is 5.97 Å². The number of likely N-dealkylation sites (tertiary alicyclic amines) is 1. The molecule has 0 spiro atoms. The number of hydrogen-bond acceptors (Lipinski definition) is 3. The summed E-state index contributed by atoms with van der Waals surface area (Å²) < 4.78 is 0. The Morgan fingerprint density at radius 2 is 1.80 bits per heavy atom. The Morgan fingerprint density at radius 1 is 1.20 bits per heavy atom. The first-order valence-electron chi connectivity index (χ1n) is 6.89. The lowest BCUT2D eigenvalue weighted by atomic mass is 10.1. The first-order valence-corrected chi connectivity index (χ1v) is 6.89. The summed E-state index contributed by atoms with van der Waals surface area (Å²) in [5.41, 5.74) is 0.314. The van der Waals surface area contributed by atoms with Crippen LogP contribution in [0.15, 0.2) is 24.3 Å². The topological polar surface area (TPSA) is 60.9 Å². The van der Waals surface area contributed by atoms with Crippen molar-refractivity contribution in [3.05, 3.63) is 35.4 Å². The van der Waals surface area contributed by atoms with Crippen molar-refractivity contribution >= 4 is 11.9 Å². The smallest absolute Gasteiger partial charge is 0.336 e. The van der Waals surface area contributed by atoms with Gasteiger partial charge in [-0.15, -0.1) is 0 Å². The number of nitrogens with zero attached hydrogens (tertiary/aromatic N) is 2. The molecule has 1 amide bonds. The van der Waals surface area contributed by atoms with Crippen LogP contribution in [0.2, 0.25) is 0 Å². The van der Waals surface area contributed by atoms with E-state index in [4.69, 9.17) is 5.11 Å². The van der Waals surface area contributed by atoms with E-state index in [1.54, 1.807) is 30.1 Å². The minimum absolute atomic E-state index is 0.0607. The van der Waals surface area contributed by atoms with Crippen LogP contribution in [-0.2, 0) is 0 Å². The molecule has 1 heterocycles. The van der Waals surface area contributed by atoms with Crippen molar-refractivity contribution in [2.75, 3.05) is 33.2 Å². The normalized spacial score (nSPS) is 15.2. The van der Waals surface area contributed by atoms with Gasteiger partial charge in [-0.05, 0) is 38.1 Å². The lowest BCUT2D eigenvalue weighted by Crippen LogP contribution is -2.35. The summed E-state index contributed by atoms with van der Waals surface area (Å²) in [7, 11) is 1.72. The molecule has 1 aliphatic rings. The predicted molar refractivity (Wildman–Crippen MR) is 76.0 cm³/mol. The fourth-order valence-corrected chi connectivity index (χ4v) is 2.46. The van der Waals surface area contributed by atoms with E-state index in [0.717, 1.165) is 19.6 Å². The largest absolute Gasteiger partial charge is 0.478 e. The van der Waals surface area contributed by atoms with Crippen LogP contribution >= 0.6 is 0 Å². The highest BCUT2D eigenvalue weighted by Crippen LogP contribution is 2.12. The van der Waals surface area contributed by atoms with Gasteiger partial charge in [0.1, 0.15) is 0 Å². The van der Waals surface area contributed by atoms with E-state index in [2.05, 4.69) is 4.90 Å². The summed E-state index contributed by atoms with van der Waals surface area (Å²) in [5.74, 6) is -1.30. The van der Waals surface area contributed by atoms with Gasteiger partial charge in [0.2, 0.25) is 0 Å². The lowest BCUT2D eigenvalue weighted by Gasteiger charge is -2.22. The van der Waals surface area contributed by atoms with Gasteiger partial charge in [-0.2, -0.15) is 0 Å². The molecule has 5 heteroatoms. The van der Waals surface area contributed by atoms with Crippen LogP contribution in [0.4, 0.5) is 0 Å². The summed E-state index contributed by atoms with van der Waals surface area (Å²) in [6.07, 6.45) is 2.44. The zero-order valence-electron chi connectivity index (χ0n) is 11.7. The molecule has 1 fully saturated rings. The van der Waals surface area contributed by atoms with Crippen molar-refractivity contribution in [3.8, 4) is 0 Å². The maximum atomic E-state index is 12.3. The van der Waals surface area contributed by atoms with Crippen LogP contribution < -0.4 is 0 Å². The van der Waals surface area contributed by atoms with Crippen molar-refractivity contribution < 1.29 is 14.7 Å². The number of aromatic carboxylic acids is 1. The molecule has 5 nitrogen and oxygen atoms in total. The fourth-order valence-electron chi connectivity index (χ4n) is 2.46. The second-order valence-corrected chi connectivity index (χ2v) is 5.13. The maximum absolute atomic E-state index is 12.3. The van der Waals surface area contributed by atoms with Gasteiger partial charge in [-0.25, -0.2) is 4.79 Å². The number of rotatable bonds is 5. The van der Waals surface area contributed by atoms with Crippen LogP contribution in [0.3, 0.4) is 0 Å². The van der Waals surface area contributed by atoms with Gasteiger partial charge < -0.3 is 14.9 Å². The number of carbonyl (C=O) groups excluding carboxylic acids is 1. The molecule has 1 aromatic carbocycles. The zero-order valence-corrected chi connectivity index (χ0v) is 11.7. The maximum Gasteiger partial charge on any atom is 0.336 e. The number of hydrogen-bond donors (Lipinski definition) is 1. The number of carboxylic acid groups (broad SMARTS) is 1. The quantitative estimate of drug-likeness (QED) is 0.886. The van der Waals surface area contributed by atoms with E-state index in [0.29, 0.717) is 6.54 Å².